The highest BCUT2D eigenvalue weighted by molar-refractivity contribution is 6.05. The summed E-state index contributed by atoms with van der Waals surface area (Å²) >= 11 is 0. The monoisotopic (exact) mass is 320 g/mol. The van der Waals surface area contributed by atoms with Gasteiger partial charge in [-0.05, 0) is 39.8 Å². The topological polar surface area (TPSA) is 84.6 Å². The molecule has 0 bridgehead atoms. The van der Waals surface area contributed by atoms with Crippen LogP contribution in [0.5, 0.6) is 5.75 Å². The number of nitrogens with zero attached hydrogens (tertiary/aromatic N) is 2. The molecule has 0 radical (unpaired) electrons. The first-order chi connectivity index (χ1) is 10.5. The van der Waals surface area contributed by atoms with Crippen molar-refractivity contribution in [2.24, 2.45) is 0 Å². The predicted octanol–water partition coefficient (Wildman–Crippen LogP) is 2.16. The van der Waals surface area contributed by atoms with Crippen LogP contribution in [0.15, 0.2) is 18.2 Å². The Morgan fingerprint density at radius 3 is 2.39 bits per heavy atom. The van der Waals surface area contributed by atoms with Gasteiger partial charge in [-0.25, -0.2) is 0 Å². The van der Waals surface area contributed by atoms with Crippen molar-refractivity contribution in [2.45, 2.75) is 52.4 Å². The van der Waals surface area contributed by atoms with Gasteiger partial charge in [-0.15, -0.1) is 0 Å². The van der Waals surface area contributed by atoms with Gasteiger partial charge in [0.1, 0.15) is 18.1 Å². The molecule has 2 N–H and O–H groups in total. The van der Waals surface area contributed by atoms with E-state index in [0.717, 1.165) is 5.39 Å². The SMILES string of the molecule is CC(=O)c1nn(CC(C)(C)O)c2cc(OCC(C)(C)O)ccc12. The van der Waals surface area contributed by atoms with Gasteiger partial charge in [0.2, 0.25) is 0 Å². The van der Waals surface area contributed by atoms with E-state index in [-0.39, 0.29) is 18.9 Å². The summed E-state index contributed by atoms with van der Waals surface area (Å²) < 4.78 is 7.21. The van der Waals surface area contributed by atoms with Gasteiger partial charge >= 0.3 is 0 Å². The normalized spacial score (nSPS) is 12.7. The highest BCUT2D eigenvalue weighted by atomic mass is 16.5. The van der Waals surface area contributed by atoms with E-state index in [1.807, 2.05) is 0 Å². The first kappa shape index (κ1) is 17.4. The molecule has 126 valence electrons. The van der Waals surface area contributed by atoms with Crippen LogP contribution in [0.1, 0.15) is 45.1 Å². The molecular weight excluding hydrogens is 296 g/mol. The van der Waals surface area contributed by atoms with Gasteiger partial charge in [0.25, 0.3) is 0 Å². The number of ether oxygens (including phenoxy) is 1. The van der Waals surface area contributed by atoms with Crippen molar-refractivity contribution in [1.29, 1.82) is 0 Å². The highest BCUT2D eigenvalue weighted by Gasteiger charge is 2.21. The lowest BCUT2D eigenvalue weighted by molar-refractivity contribution is 0.0285. The van der Waals surface area contributed by atoms with Crippen molar-refractivity contribution in [1.82, 2.24) is 9.78 Å². The molecule has 2 rings (SSSR count). The first-order valence-corrected chi connectivity index (χ1v) is 7.55. The maximum absolute atomic E-state index is 11.8. The molecule has 0 atom stereocenters. The molecule has 0 saturated heterocycles. The summed E-state index contributed by atoms with van der Waals surface area (Å²) in [5.41, 5.74) is -0.812. The quantitative estimate of drug-likeness (QED) is 0.797. The summed E-state index contributed by atoms with van der Waals surface area (Å²) in [7, 11) is 0. The molecule has 0 aliphatic rings. The second-order valence-electron chi connectivity index (χ2n) is 7.15. The Kier molecular flexibility index (Phi) is 4.50. The third kappa shape index (κ3) is 4.53. The van der Waals surface area contributed by atoms with Crippen molar-refractivity contribution in [3.05, 3.63) is 23.9 Å². The number of hydrogen-bond acceptors (Lipinski definition) is 5. The van der Waals surface area contributed by atoms with E-state index < -0.39 is 11.2 Å². The van der Waals surface area contributed by atoms with E-state index in [0.29, 0.717) is 17.0 Å². The maximum Gasteiger partial charge on any atom is 0.180 e. The zero-order valence-electron chi connectivity index (χ0n) is 14.3. The zero-order chi connectivity index (χ0) is 17.4. The molecule has 2 aromatic rings. The van der Waals surface area contributed by atoms with Gasteiger partial charge in [-0.1, -0.05) is 0 Å². The lowest BCUT2D eigenvalue weighted by Crippen LogP contribution is -2.28. The average Bonchev–Trinajstić information content (AvgIpc) is 2.72. The van der Waals surface area contributed by atoms with Crippen molar-refractivity contribution in [3.63, 3.8) is 0 Å². The fourth-order valence-corrected chi connectivity index (χ4v) is 2.25. The van der Waals surface area contributed by atoms with E-state index in [4.69, 9.17) is 4.74 Å². The second-order valence-corrected chi connectivity index (χ2v) is 7.15. The van der Waals surface area contributed by atoms with Crippen LogP contribution in [-0.4, -0.2) is 43.6 Å². The van der Waals surface area contributed by atoms with Crippen LogP contribution in [0, 0.1) is 0 Å². The summed E-state index contributed by atoms with van der Waals surface area (Å²) in [4.78, 5) is 11.8. The van der Waals surface area contributed by atoms with Gasteiger partial charge < -0.3 is 14.9 Å². The Morgan fingerprint density at radius 2 is 1.87 bits per heavy atom. The van der Waals surface area contributed by atoms with Crippen LogP contribution < -0.4 is 4.74 Å². The average molecular weight is 320 g/mol. The number of carbonyl (C=O) groups excluding carboxylic acids is 1. The van der Waals surface area contributed by atoms with Crippen LogP contribution in [0.25, 0.3) is 10.9 Å². The number of aromatic nitrogens is 2. The van der Waals surface area contributed by atoms with Crippen LogP contribution in [-0.2, 0) is 6.54 Å². The molecule has 1 aromatic carbocycles. The Bertz CT molecular complexity index is 720. The Hall–Kier alpha value is -1.92. The number of fused-ring (bicyclic) bond motifs is 1. The minimum atomic E-state index is -0.961. The molecule has 0 aliphatic heterocycles. The summed E-state index contributed by atoms with van der Waals surface area (Å²) in [5, 5.41) is 24.9. The van der Waals surface area contributed by atoms with Gasteiger partial charge in [0.05, 0.1) is 23.3 Å². The molecule has 1 heterocycles. The number of ketones is 1. The first-order valence-electron chi connectivity index (χ1n) is 7.55. The third-order valence-corrected chi connectivity index (χ3v) is 3.19. The molecule has 0 unspecified atom stereocenters. The Morgan fingerprint density at radius 1 is 1.22 bits per heavy atom. The fourth-order valence-electron chi connectivity index (χ4n) is 2.25. The largest absolute Gasteiger partial charge is 0.491 e. The minimum absolute atomic E-state index is 0.130. The van der Waals surface area contributed by atoms with Gasteiger partial charge in [-0.2, -0.15) is 5.10 Å². The Balaban J connectivity index is 2.45. The van der Waals surface area contributed by atoms with E-state index in [1.165, 1.54) is 6.92 Å². The molecule has 0 saturated carbocycles. The fraction of sp³-hybridized carbons (Fsp3) is 0.529. The lowest BCUT2D eigenvalue weighted by Gasteiger charge is -2.19. The standard InChI is InChI=1S/C17H24N2O4/c1-11(20)15-13-7-6-12(23-10-17(4,5)22)8-14(13)19(18-15)9-16(2,3)21/h6-8,21-22H,9-10H2,1-5H3. The van der Waals surface area contributed by atoms with Crippen LogP contribution in [0.3, 0.4) is 0 Å². The Labute approximate surface area is 135 Å². The molecule has 0 fully saturated rings. The number of rotatable bonds is 6. The molecule has 6 heteroatoms. The van der Waals surface area contributed by atoms with Gasteiger partial charge in [0, 0.05) is 18.4 Å². The number of Topliss-reactive ketones (excluding diaryl/α,β-unsaturated/α-hetero) is 1. The van der Waals surface area contributed by atoms with E-state index in [2.05, 4.69) is 5.10 Å². The second kappa shape index (κ2) is 5.94. The van der Waals surface area contributed by atoms with E-state index >= 15 is 0 Å². The summed E-state index contributed by atoms with van der Waals surface area (Å²) in [6, 6.07) is 5.29. The van der Waals surface area contributed by atoms with E-state index in [1.54, 1.807) is 50.6 Å². The van der Waals surface area contributed by atoms with Crippen molar-refractivity contribution >= 4 is 16.7 Å². The minimum Gasteiger partial charge on any atom is -0.491 e. The van der Waals surface area contributed by atoms with Gasteiger partial charge in [-0.3, -0.25) is 9.48 Å². The summed E-state index contributed by atoms with van der Waals surface area (Å²) in [6.45, 7) is 8.57. The maximum atomic E-state index is 11.8. The number of aliphatic hydroxyl groups is 2. The molecule has 0 spiro atoms. The van der Waals surface area contributed by atoms with E-state index in [9.17, 15) is 15.0 Å². The molecule has 0 amide bonds. The van der Waals surface area contributed by atoms with Crippen molar-refractivity contribution < 1.29 is 19.7 Å². The third-order valence-electron chi connectivity index (χ3n) is 3.19. The summed E-state index contributed by atoms with van der Waals surface area (Å²) in [5.74, 6) is 0.446. The van der Waals surface area contributed by atoms with Crippen LogP contribution >= 0.6 is 0 Å². The smallest absolute Gasteiger partial charge is 0.180 e. The number of benzene rings is 1. The van der Waals surface area contributed by atoms with Crippen molar-refractivity contribution in [3.8, 4) is 5.75 Å². The van der Waals surface area contributed by atoms with Crippen LogP contribution in [0.4, 0.5) is 0 Å². The molecule has 0 aliphatic carbocycles. The molecule has 6 nitrogen and oxygen atoms in total. The molecular formula is C17H24N2O4. The lowest BCUT2D eigenvalue weighted by atomic mass is 10.1. The number of hydrogen-bond donors (Lipinski definition) is 2. The highest BCUT2D eigenvalue weighted by Crippen LogP contribution is 2.26. The van der Waals surface area contributed by atoms with Gasteiger partial charge in [0.15, 0.2) is 5.78 Å². The number of carbonyl (C=O) groups is 1. The predicted molar refractivity (Wildman–Crippen MR) is 87.8 cm³/mol. The zero-order valence-corrected chi connectivity index (χ0v) is 14.3. The van der Waals surface area contributed by atoms with Crippen molar-refractivity contribution in [2.75, 3.05) is 6.61 Å². The summed E-state index contributed by atoms with van der Waals surface area (Å²) in [6.07, 6.45) is 0. The molecule has 23 heavy (non-hydrogen) atoms. The van der Waals surface area contributed by atoms with Crippen LogP contribution in [0.2, 0.25) is 0 Å². The molecule has 1 aromatic heterocycles.